The van der Waals surface area contributed by atoms with Crippen molar-refractivity contribution in [3.63, 3.8) is 0 Å². The average Bonchev–Trinajstić information content (AvgIpc) is 3.33. The Balaban J connectivity index is 1.69. The van der Waals surface area contributed by atoms with Crippen molar-refractivity contribution in [1.82, 2.24) is 4.90 Å². The highest BCUT2D eigenvalue weighted by Crippen LogP contribution is 2.53. The van der Waals surface area contributed by atoms with Crippen LogP contribution in [0.3, 0.4) is 0 Å². The molecule has 0 aliphatic heterocycles. The molecule has 39 heavy (non-hydrogen) atoms. The van der Waals surface area contributed by atoms with Gasteiger partial charge < -0.3 is 35.4 Å². The Kier molecular flexibility index (Phi) is 6.11. The standard InChI is InChI=1S/C27H27N3O9/c1-30(2)21-15-9-11-8-14-13(17-7-4-12(39-17)10-29-38-3)5-6-16(31)19(14)22(32)18(11)24(34)27(15,37)25(35)20(23(21)33)26(28)36/h4-7,10-11,15,21,31-32,35,37H,8-9H2,1-3H3,(H2,28,36)/b29-10+/t11-,15-,21?,27-/m1/s1. The van der Waals surface area contributed by atoms with Crippen molar-refractivity contribution >= 4 is 29.4 Å². The van der Waals surface area contributed by atoms with Crippen LogP contribution >= 0.6 is 0 Å². The van der Waals surface area contributed by atoms with E-state index in [0.717, 1.165) is 0 Å². The second kappa shape index (κ2) is 9.10. The first kappa shape index (κ1) is 26.2. The number of aliphatic hydroxyl groups is 3. The zero-order valence-electron chi connectivity index (χ0n) is 21.3. The number of hydrogen-bond acceptors (Lipinski definition) is 11. The molecule has 0 bridgehead atoms. The van der Waals surface area contributed by atoms with Gasteiger partial charge in [-0.2, -0.15) is 0 Å². The van der Waals surface area contributed by atoms with Crippen LogP contribution in [0.15, 0.2) is 50.7 Å². The Morgan fingerprint density at radius 3 is 2.56 bits per heavy atom. The first-order valence-corrected chi connectivity index (χ1v) is 12.1. The molecule has 204 valence electrons. The third-order valence-electron chi connectivity index (χ3n) is 7.78. The van der Waals surface area contributed by atoms with Gasteiger partial charge in [-0.05, 0) is 62.7 Å². The number of furan rings is 1. The fraction of sp³-hybridized carbons (Fsp3) is 0.333. The number of nitrogens with two attached hydrogens (primary N) is 1. The lowest BCUT2D eigenvalue weighted by Gasteiger charge is -2.50. The van der Waals surface area contributed by atoms with Gasteiger partial charge in [0.2, 0.25) is 5.78 Å². The molecule has 0 spiro atoms. The van der Waals surface area contributed by atoms with Crippen LogP contribution in [-0.2, 0) is 25.6 Å². The Morgan fingerprint density at radius 1 is 1.21 bits per heavy atom. The largest absolute Gasteiger partial charge is 0.508 e. The summed E-state index contributed by atoms with van der Waals surface area (Å²) in [6.45, 7) is 0. The van der Waals surface area contributed by atoms with E-state index < -0.39 is 58.0 Å². The number of carbonyl (C=O) groups excluding carboxylic acids is 3. The molecule has 1 aromatic heterocycles. The minimum absolute atomic E-state index is 0.00917. The first-order chi connectivity index (χ1) is 18.4. The predicted octanol–water partition coefficient (Wildman–Crippen LogP) is 1.20. The number of primary amides is 1. The van der Waals surface area contributed by atoms with Gasteiger partial charge in [0, 0.05) is 17.1 Å². The van der Waals surface area contributed by atoms with E-state index in [1.165, 1.54) is 24.3 Å². The van der Waals surface area contributed by atoms with E-state index in [0.29, 0.717) is 22.6 Å². The molecule has 1 fully saturated rings. The number of hydrogen-bond donors (Lipinski definition) is 5. The summed E-state index contributed by atoms with van der Waals surface area (Å²) in [5, 5.41) is 48.3. The maximum Gasteiger partial charge on any atom is 0.255 e. The van der Waals surface area contributed by atoms with E-state index in [4.69, 9.17) is 10.2 Å². The number of amides is 1. The third-order valence-corrected chi connectivity index (χ3v) is 7.78. The quantitative estimate of drug-likeness (QED) is 0.210. The van der Waals surface area contributed by atoms with Crippen molar-refractivity contribution in [3.05, 3.63) is 58.1 Å². The van der Waals surface area contributed by atoms with Gasteiger partial charge in [0.05, 0.1) is 11.6 Å². The van der Waals surface area contributed by atoms with Gasteiger partial charge in [0.1, 0.15) is 47.7 Å². The second-order valence-corrected chi connectivity index (χ2v) is 10.1. The molecule has 4 atom stereocenters. The van der Waals surface area contributed by atoms with E-state index in [1.807, 2.05) is 0 Å². The maximum atomic E-state index is 13.9. The molecule has 1 heterocycles. The number of oxime groups is 1. The zero-order chi connectivity index (χ0) is 28.4. The van der Waals surface area contributed by atoms with Gasteiger partial charge in [0.25, 0.3) is 5.91 Å². The molecular weight excluding hydrogens is 510 g/mol. The summed E-state index contributed by atoms with van der Waals surface area (Å²) in [6, 6.07) is 5.14. The van der Waals surface area contributed by atoms with Gasteiger partial charge in [-0.25, -0.2) is 0 Å². The van der Waals surface area contributed by atoms with E-state index in [1.54, 1.807) is 32.3 Å². The maximum absolute atomic E-state index is 13.9. The molecule has 2 aromatic rings. The van der Waals surface area contributed by atoms with Gasteiger partial charge in [0.15, 0.2) is 11.4 Å². The normalized spacial score (nSPS) is 26.6. The summed E-state index contributed by atoms with van der Waals surface area (Å²) >= 11 is 0. The lowest BCUT2D eigenvalue weighted by molar-refractivity contribution is -0.153. The number of aromatic hydroxyl groups is 1. The summed E-state index contributed by atoms with van der Waals surface area (Å²) < 4.78 is 5.83. The summed E-state index contributed by atoms with van der Waals surface area (Å²) in [6.07, 6.45) is 1.50. The lowest BCUT2D eigenvalue weighted by Crippen LogP contribution is -2.65. The van der Waals surface area contributed by atoms with Gasteiger partial charge in [-0.1, -0.05) is 5.16 Å². The minimum atomic E-state index is -2.69. The molecule has 0 saturated heterocycles. The molecule has 3 aliphatic carbocycles. The molecular formula is C27H27N3O9. The number of carbonyl (C=O) groups is 3. The van der Waals surface area contributed by atoms with Crippen molar-refractivity contribution in [2.75, 3.05) is 21.2 Å². The number of benzene rings is 1. The van der Waals surface area contributed by atoms with Crippen molar-refractivity contribution in [2.24, 2.45) is 22.7 Å². The number of phenolic OH excluding ortho intramolecular Hbond substituents is 1. The number of nitrogens with zero attached hydrogens (tertiary/aromatic N) is 2. The van der Waals surface area contributed by atoms with Gasteiger partial charge in [-0.3, -0.25) is 19.3 Å². The van der Waals surface area contributed by atoms with Crippen LogP contribution in [0.1, 0.15) is 23.3 Å². The van der Waals surface area contributed by atoms with Crippen molar-refractivity contribution in [1.29, 1.82) is 0 Å². The molecule has 5 rings (SSSR count). The predicted molar refractivity (Wildman–Crippen MR) is 137 cm³/mol. The number of ketones is 2. The fourth-order valence-electron chi connectivity index (χ4n) is 6.15. The van der Waals surface area contributed by atoms with Crippen LogP contribution in [0, 0.1) is 11.8 Å². The molecule has 1 aromatic carbocycles. The van der Waals surface area contributed by atoms with Crippen LogP contribution < -0.4 is 5.73 Å². The number of phenols is 1. The molecule has 3 aliphatic rings. The number of aliphatic hydroxyl groups excluding tert-OH is 2. The molecule has 6 N–H and O–H groups in total. The Morgan fingerprint density at radius 2 is 1.92 bits per heavy atom. The molecule has 0 radical (unpaired) electrons. The summed E-state index contributed by atoms with van der Waals surface area (Å²) in [4.78, 5) is 45.3. The number of Topliss-reactive ketones (excluding diaryl/α,β-unsaturated/α-hetero) is 2. The van der Waals surface area contributed by atoms with Crippen molar-refractivity contribution in [2.45, 2.75) is 24.5 Å². The second-order valence-electron chi connectivity index (χ2n) is 10.1. The highest BCUT2D eigenvalue weighted by Gasteiger charge is 2.64. The zero-order valence-corrected chi connectivity index (χ0v) is 21.3. The first-order valence-electron chi connectivity index (χ1n) is 12.1. The number of likely N-dealkylation sites (N-methyl/N-ethyl adjacent to an activating group) is 1. The third kappa shape index (κ3) is 3.67. The van der Waals surface area contributed by atoms with Crippen LogP contribution in [0.2, 0.25) is 0 Å². The van der Waals surface area contributed by atoms with Crippen LogP contribution in [0.4, 0.5) is 0 Å². The van der Waals surface area contributed by atoms with Crippen molar-refractivity contribution in [3.8, 4) is 17.1 Å². The smallest absolute Gasteiger partial charge is 0.255 e. The summed E-state index contributed by atoms with van der Waals surface area (Å²) in [5.41, 5.74) is 2.59. The van der Waals surface area contributed by atoms with Crippen LogP contribution in [0.25, 0.3) is 17.1 Å². The fourth-order valence-corrected chi connectivity index (χ4v) is 6.15. The number of rotatable bonds is 5. The molecule has 1 amide bonds. The van der Waals surface area contributed by atoms with E-state index >= 15 is 0 Å². The number of fused-ring (bicyclic) bond motifs is 3. The Labute approximate surface area is 222 Å². The van der Waals surface area contributed by atoms with Crippen LogP contribution in [0.5, 0.6) is 5.75 Å². The molecule has 1 saturated carbocycles. The Hall–Kier alpha value is -4.42. The summed E-state index contributed by atoms with van der Waals surface area (Å²) in [5.74, 6) is -6.22. The topological polar surface area (TPSA) is 196 Å². The Bertz CT molecular complexity index is 1520. The SMILES string of the molecule is CO/N=C/c1ccc(-c2ccc(O)c3c2C[C@@H]2C[C@@H]4C(N(C)C)C(=O)C(C(N)=O)=C(O)[C@]4(O)C(=O)C2=C3O)o1. The average molecular weight is 538 g/mol. The van der Waals surface area contributed by atoms with Crippen molar-refractivity contribution < 1.29 is 44.1 Å². The molecule has 1 unspecified atom stereocenters. The van der Waals surface area contributed by atoms with E-state index in [-0.39, 0.29) is 29.7 Å². The van der Waals surface area contributed by atoms with E-state index in [9.17, 15) is 34.8 Å². The highest BCUT2D eigenvalue weighted by molar-refractivity contribution is 6.24. The molecule has 12 nitrogen and oxygen atoms in total. The summed E-state index contributed by atoms with van der Waals surface area (Å²) in [7, 11) is 4.48. The van der Waals surface area contributed by atoms with Crippen LogP contribution in [-0.4, -0.2) is 81.9 Å². The van der Waals surface area contributed by atoms with E-state index in [2.05, 4.69) is 9.99 Å². The molecule has 12 heteroatoms. The van der Waals surface area contributed by atoms with Gasteiger partial charge in [-0.15, -0.1) is 0 Å². The monoisotopic (exact) mass is 537 g/mol. The lowest BCUT2D eigenvalue weighted by atomic mass is 9.57. The van der Waals surface area contributed by atoms with Gasteiger partial charge >= 0.3 is 0 Å². The minimum Gasteiger partial charge on any atom is -0.508 e. The highest BCUT2D eigenvalue weighted by atomic mass is 16.6.